The van der Waals surface area contributed by atoms with E-state index in [9.17, 15) is 26.0 Å². The van der Waals surface area contributed by atoms with Crippen LogP contribution in [0.2, 0.25) is 0 Å². The van der Waals surface area contributed by atoms with E-state index in [-0.39, 0.29) is 12.1 Å². The molecule has 1 aromatic carbocycles. The van der Waals surface area contributed by atoms with Gasteiger partial charge in [-0.25, -0.2) is 12.8 Å². The lowest BCUT2D eigenvalue weighted by Crippen LogP contribution is -2.40. The van der Waals surface area contributed by atoms with Crippen molar-refractivity contribution in [1.82, 2.24) is 4.31 Å². The van der Waals surface area contributed by atoms with E-state index < -0.39 is 39.5 Å². The maximum atomic E-state index is 13.3. The lowest BCUT2D eigenvalue weighted by molar-refractivity contribution is -0.137. The lowest BCUT2D eigenvalue weighted by Gasteiger charge is -2.24. The number of alkyl halides is 3. The van der Waals surface area contributed by atoms with Crippen LogP contribution in [0.4, 0.5) is 17.6 Å². The van der Waals surface area contributed by atoms with Gasteiger partial charge in [0.25, 0.3) is 0 Å². The highest BCUT2D eigenvalue weighted by Gasteiger charge is 2.45. The number of halogens is 4. The molecule has 2 N–H and O–H groups in total. The Kier molecular flexibility index (Phi) is 4.27. The molecule has 1 aliphatic rings. The van der Waals surface area contributed by atoms with Crippen LogP contribution in [0.1, 0.15) is 18.4 Å². The fourth-order valence-corrected chi connectivity index (χ4v) is 3.93. The molecule has 1 saturated carbocycles. The molecule has 118 valence electrons. The Morgan fingerprint density at radius 3 is 2.38 bits per heavy atom. The Bertz CT molecular complexity index is 627. The summed E-state index contributed by atoms with van der Waals surface area (Å²) in [5.41, 5.74) is 5.48. The molecule has 0 aliphatic heterocycles. The number of benzene rings is 1. The van der Waals surface area contributed by atoms with Crippen molar-refractivity contribution in [2.45, 2.75) is 36.5 Å². The molecule has 4 nitrogen and oxygen atoms in total. The zero-order valence-electron chi connectivity index (χ0n) is 10.9. The minimum absolute atomic E-state index is 0.0872. The van der Waals surface area contributed by atoms with E-state index >= 15 is 0 Å². The number of sulfonamides is 1. The van der Waals surface area contributed by atoms with Gasteiger partial charge >= 0.3 is 6.18 Å². The molecular weight excluding hydrogens is 312 g/mol. The first kappa shape index (κ1) is 16.2. The minimum atomic E-state index is -4.66. The van der Waals surface area contributed by atoms with Crippen molar-refractivity contribution in [2.75, 3.05) is 6.54 Å². The molecule has 0 saturated heterocycles. The van der Waals surface area contributed by atoms with Crippen LogP contribution in [0.5, 0.6) is 0 Å². The summed E-state index contributed by atoms with van der Waals surface area (Å²) in [6, 6.07) is 2.21. The Balaban J connectivity index is 2.46. The Morgan fingerprint density at radius 2 is 1.90 bits per heavy atom. The van der Waals surface area contributed by atoms with Crippen LogP contribution < -0.4 is 5.73 Å². The van der Waals surface area contributed by atoms with Crippen LogP contribution in [-0.2, 0) is 16.6 Å². The zero-order valence-corrected chi connectivity index (χ0v) is 11.7. The third-order valence-corrected chi connectivity index (χ3v) is 5.11. The number of hydrogen-bond donors (Lipinski definition) is 1. The predicted molar refractivity (Wildman–Crippen MR) is 67.3 cm³/mol. The van der Waals surface area contributed by atoms with E-state index in [4.69, 9.17) is 5.73 Å². The monoisotopic (exact) mass is 326 g/mol. The van der Waals surface area contributed by atoms with Crippen LogP contribution in [0, 0.1) is 5.82 Å². The van der Waals surface area contributed by atoms with Gasteiger partial charge in [-0.15, -0.1) is 0 Å². The van der Waals surface area contributed by atoms with Gasteiger partial charge in [0.15, 0.2) is 0 Å². The van der Waals surface area contributed by atoms with Gasteiger partial charge in [0, 0.05) is 12.6 Å². The van der Waals surface area contributed by atoms with Crippen molar-refractivity contribution in [3.63, 3.8) is 0 Å². The van der Waals surface area contributed by atoms with E-state index in [0.29, 0.717) is 23.2 Å². The van der Waals surface area contributed by atoms with Crippen LogP contribution in [-0.4, -0.2) is 31.5 Å². The van der Waals surface area contributed by atoms with Crippen molar-refractivity contribution in [2.24, 2.45) is 5.73 Å². The van der Waals surface area contributed by atoms with E-state index in [1.807, 2.05) is 0 Å². The summed E-state index contributed by atoms with van der Waals surface area (Å²) in [5, 5.41) is 0. The number of nitrogens with two attached hydrogens (primary N) is 1. The summed E-state index contributed by atoms with van der Waals surface area (Å²) in [5.74, 6) is -0.839. The normalized spacial score (nSPS) is 16.5. The molecule has 9 heteroatoms. The Labute approximate surface area is 119 Å². The number of nitrogens with zero attached hydrogens (tertiary/aromatic N) is 1. The average molecular weight is 326 g/mol. The molecule has 21 heavy (non-hydrogen) atoms. The first-order valence-corrected chi connectivity index (χ1v) is 7.66. The molecular formula is C12H14F4N2O2S. The summed E-state index contributed by atoms with van der Waals surface area (Å²) in [6.45, 7) is -1.79. The van der Waals surface area contributed by atoms with Crippen molar-refractivity contribution < 1.29 is 26.0 Å². The third-order valence-electron chi connectivity index (χ3n) is 3.13. The van der Waals surface area contributed by atoms with Gasteiger partial charge in [0.1, 0.15) is 12.4 Å². The third kappa shape index (κ3) is 3.72. The smallest absolute Gasteiger partial charge is 0.326 e. The fourth-order valence-electron chi connectivity index (χ4n) is 2.01. The van der Waals surface area contributed by atoms with Gasteiger partial charge in [-0.3, -0.25) is 0 Å². The standard InChI is InChI=1S/C12H14F4N2O2S/c13-9-2-1-8(6-17)11(5-9)21(19,20)18(10-3-4-10)7-12(14,15)16/h1-2,5,10H,3-4,6-7,17H2. The number of hydrogen-bond acceptors (Lipinski definition) is 3. The van der Waals surface area contributed by atoms with Gasteiger partial charge in [-0.05, 0) is 30.5 Å². The summed E-state index contributed by atoms with van der Waals surface area (Å²) >= 11 is 0. The summed E-state index contributed by atoms with van der Waals surface area (Å²) < 4.78 is 76.3. The van der Waals surface area contributed by atoms with Gasteiger partial charge in [-0.1, -0.05) is 6.07 Å². The second-order valence-corrected chi connectivity index (χ2v) is 6.71. The summed E-state index contributed by atoms with van der Waals surface area (Å²) in [6.07, 6.45) is -3.93. The highest BCUT2D eigenvalue weighted by atomic mass is 32.2. The van der Waals surface area contributed by atoms with Gasteiger partial charge in [0.05, 0.1) is 4.90 Å². The topological polar surface area (TPSA) is 63.4 Å². The maximum Gasteiger partial charge on any atom is 0.402 e. The van der Waals surface area contributed by atoms with Crippen LogP contribution in [0.3, 0.4) is 0 Å². The van der Waals surface area contributed by atoms with Crippen molar-refractivity contribution >= 4 is 10.0 Å². The zero-order chi connectivity index (χ0) is 15.8. The van der Waals surface area contributed by atoms with Crippen LogP contribution in [0.25, 0.3) is 0 Å². The lowest BCUT2D eigenvalue weighted by atomic mass is 10.2. The molecule has 0 radical (unpaired) electrons. The molecule has 1 fully saturated rings. The fraction of sp³-hybridized carbons (Fsp3) is 0.500. The second-order valence-electron chi connectivity index (χ2n) is 4.85. The van der Waals surface area contributed by atoms with Crippen LogP contribution >= 0.6 is 0 Å². The van der Waals surface area contributed by atoms with Gasteiger partial charge in [0.2, 0.25) is 10.0 Å². The van der Waals surface area contributed by atoms with E-state index in [2.05, 4.69) is 0 Å². The quantitative estimate of drug-likeness (QED) is 0.842. The van der Waals surface area contributed by atoms with Crippen molar-refractivity contribution in [1.29, 1.82) is 0 Å². The molecule has 0 atom stereocenters. The van der Waals surface area contributed by atoms with E-state index in [0.717, 1.165) is 6.07 Å². The maximum absolute atomic E-state index is 13.3. The van der Waals surface area contributed by atoms with Crippen LogP contribution in [0.15, 0.2) is 23.1 Å². The number of rotatable bonds is 5. The molecule has 0 heterocycles. The first-order valence-electron chi connectivity index (χ1n) is 6.22. The Hall–Kier alpha value is -1.19. The molecule has 0 unspecified atom stereocenters. The first-order chi connectivity index (χ1) is 9.65. The highest BCUT2D eigenvalue weighted by Crippen LogP contribution is 2.35. The molecule has 0 amide bonds. The molecule has 1 aliphatic carbocycles. The highest BCUT2D eigenvalue weighted by molar-refractivity contribution is 7.89. The largest absolute Gasteiger partial charge is 0.402 e. The molecule has 2 rings (SSSR count). The average Bonchev–Trinajstić information content (AvgIpc) is 3.19. The predicted octanol–water partition coefficient (Wildman–Crippen LogP) is 2.00. The van der Waals surface area contributed by atoms with Crippen molar-refractivity contribution in [3.05, 3.63) is 29.6 Å². The van der Waals surface area contributed by atoms with Gasteiger partial charge in [-0.2, -0.15) is 17.5 Å². The Morgan fingerprint density at radius 1 is 1.29 bits per heavy atom. The van der Waals surface area contributed by atoms with E-state index in [1.165, 1.54) is 6.07 Å². The molecule has 1 aromatic rings. The summed E-state index contributed by atoms with van der Waals surface area (Å²) in [7, 11) is -4.44. The minimum Gasteiger partial charge on any atom is -0.326 e. The molecule has 0 bridgehead atoms. The second kappa shape index (κ2) is 5.54. The van der Waals surface area contributed by atoms with Crippen molar-refractivity contribution in [3.8, 4) is 0 Å². The van der Waals surface area contributed by atoms with E-state index in [1.54, 1.807) is 0 Å². The molecule has 0 aromatic heterocycles. The SMILES string of the molecule is NCc1ccc(F)cc1S(=O)(=O)N(CC(F)(F)F)C1CC1. The van der Waals surface area contributed by atoms with Gasteiger partial charge < -0.3 is 5.73 Å². The molecule has 0 spiro atoms. The summed E-state index contributed by atoms with van der Waals surface area (Å²) in [4.78, 5) is -0.499.